The van der Waals surface area contributed by atoms with Crippen LogP contribution in [0.1, 0.15) is 0 Å². The zero-order chi connectivity index (χ0) is 50.9. The van der Waals surface area contributed by atoms with E-state index in [4.69, 9.17) is 5.73 Å². The Morgan fingerprint density at radius 1 is 0.632 bits per heavy atom. The number of allylic oxidation sites excluding steroid dienone is 2. The first-order valence-corrected chi connectivity index (χ1v) is 26.0. The Labute approximate surface area is 387 Å². The van der Waals surface area contributed by atoms with Gasteiger partial charge in [0.2, 0.25) is 0 Å². The van der Waals surface area contributed by atoms with Gasteiger partial charge in [-0.2, -0.15) is 43.9 Å². The lowest BCUT2D eigenvalue weighted by Crippen LogP contribution is -2.21. The molecule has 358 valence electrons. The monoisotopic (exact) mass is 1050 g/mol. The average Bonchev–Trinajstić information content (AvgIpc) is 3.22. The van der Waals surface area contributed by atoms with Crippen LogP contribution in [0, 0.1) is 0 Å². The van der Waals surface area contributed by atoms with E-state index in [1.54, 1.807) is 0 Å². The molecular weight excluding hydrogens is 1020 g/mol. The van der Waals surface area contributed by atoms with Crippen LogP contribution in [0.3, 0.4) is 0 Å². The normalized spacial score (nSPS) is 13.5. The van der Waals surface area contributed by atoms with Gasteiger partial charge in [0.15, 0.2) is 5.75 Å². The SMILES string of the molecule is C=CS(=O)c1cc(N=Nc2c(S(=O)(=O)O)cc3cc(S(=O)(=O)O)c(N=Nc4ccc(S(=O)(=O)NC(=C)/C=C\C(=C)N=Nc5ccc(O)cc5O)cc4)c(O)c3c2N)c(S(=O)(=O)O)cc1S(=O)(=O)O. The van der Waals surface area contributed by atoms with Gasteiger partial charge in [-0.05, 0) is 78.2 Å². The molecule has 26 nitrogen and oxygen atoms in total. The summed E-state index contributed by atoms with van der Waals surface area (Å²) in [5.41, 5.74) is 1.54. The number of nitrogens with zero attached hydrogens (tertiary/aromatic N) is 6. The highest BCUT2D eigenvalue weighted by Crippen LogP contribution is 2.48. The molecule has 1 atom stereocenters. The Balaban J connectivity index is 1.53. The summed E-state index contributed by atoms with van der Waals surface area (Å²) in [6.07, 6.45) is 2.41. The molecule has 0 aliphatic rings. The summed E-state index contributed by atoms with van der Waals surface area (Å²) in [4.78, 5) is -6.46. The fraction of sp³-hybridized carbons (Fsp3) is 0. The van der Waals surface area contributed by atoms with Gasteiger partial charge in [0.1, 0.15) is 53.8 Å². The van der Waals surface area contributed by atoms with Crippen LogP contribution < -0.4 is 10.5 Å². The van der Waals surface area contributed by atoms with E-state index in [1.165, 1.54) is 24.3 Å². The van der Waals surface area contributed by atoms with E-state index in [2.05, 4.69) is 55.1 Å². The van der Waals surface area contributed by atoms with Gasteiger partial charge >= 0.3 is 0 Å². The van der Waals surface area contributed by atoms with Crippen LogP contribution in [0.5, 0.6) is 17.2 Å². The molecule has 0 saturated carbocycles. The van der Waals surface area contributed by atoms with Crippen LogP contribution in [0.2, 0.25) is 0 Å². The van der Waals surface area contributed by atoms with Gasteiger partial charge in [-0.15, -0.1) is 20.5 Å². The number of azo groups is 3. The van der Waals surface area contributed by atoms with E-state index in [1.807, 2.05) is 0 Å². The number of nitrogens with one attached hydrogen (secondary N) is 1. The molecule has 5 aromatic carbocycles. The molecule has 5 rings (SSSR count). The summed E-state index contributed by atoms with van der Waals surface area (Å²) in [6, 6.07) is 9.29. The standard InChI is InChI=1S/C36H30N8O18S6/c1-4-63(48)27-16-25(28(65(51,52)53)17-29(27)66(54,55)56)41-42-34-30(67(57,58)59)13-20-14-31(68(60,61)62)35(36(47)32(20)33(34)37)43-39-21-7-10-23(11-8-21)64(49,50)44-19(3)6-5-18(2)38-40-24-12-9-22(45)15-26(24)46/h4-17,44-47H,1-3,37H2,(H,51,52,53)(H,54,55,56)(H,57,58,59)(H,60,61,62)/b6-5-,40-38?,42-41?,43-39?. The topological polar surface area (TPSA) is 442 Å². The first-order chi connectivity index (χ1) is 31.3. The molecule has 0 aliphatic heterocycles. The van der Waals surface area contributed by atoms with E-state index in [9.17, 15) is 79.8 Å². The summed E-state index contributed by atoms with van der Waals surface area (Å²) < 4.78 is 179. The van der Waals surface area contributed by atoms with Gasteiger partial charge in [-0.25, -0.2) is 12.6 Å². The second kappa shape index (κ2) is 19.2. The summed E-state index contributed by atoms with van der Waals surface area (Å²) >= 11 is 0. The molecule has 0 amide bonds. The van der Waals surface area contributed by atoms with Crippen molar-refractivity contribution in [1.82, 2.24) is 4.72 Å². The molecule has 0 fully saturated rings. The van der Waals surface area contributed by atoms with E-state index in [-0.39, 0.29) is 45.2 Å². The number of rotatable bonds is 17. The molecule has 0 aliphatic carbocycles. The molecular formula is C36H30N8O18S6. The van der Waals surface area contributed by atoms with Gasteiger partial charge in [0.25, 0.3) is 50.5 Å². The molecule has 0 aromatic heterocycles. The van der Waals surface area contributed by atoms with Crippen molar-refractivity contribution in [3.05, 3.63) is 115 Å². The van der Waals surface area contributed by atoms with Crippen molar-refractivity contribution in [3.8, 4) is 17.2 Å². The van der Waals surface area contributed by atoms with Crippen molar-refractivity contribution < 1.29 is 79.8 Å². The Bertz CT molecular complexity index is 3730. The number of hydrogen-bond donors (Lipinski definition) is 9. The van der Waals surface area contributed by atoms with Crippen molar-refractivity contribution >= 4 is 106 Å². The molecule has 0 saturated heterocycles. The maximum atomic E-state index is 13.1. The Morgan fingerprint density at radius 3 is 1.74 bits per heavy atom. The number of phenolic OH excluding ortho intramolecular Hbond substituents is 3. The zero-order valence-electron chi connectivity index (χ0n) is 33.5. The third-order valence-corrected chi connectivity index (χ3v) is 14.6. The van der Waals surface area contributed by atoms with Crippen molar-refractivity contribution in [2.45, 2.75) is 29.4 Å². The van der Waals surface area contributed by atoms with Crippen molar-refractivity contribution in [2.75, 3.05) is 5.73 Å². The molecule has 1 unspecified atom stereocenters. The lowest BCUT2D eigenvalue weighted by Gasteiger charge is -2.14. The fourth-order valence-corrected chi connectivity index (χ4v) is 10.3. The van der Waals surface area contributed by atoms with Crippen LogP contribution in [0.4, 0.5) is 34.1 Å². The first kappa shape index (κ1) is 51.8. The molecule has 5 aromatic rings. The predicted molar refractivity (Wildman–Crippen MR) is 239 cm³/mol. The maximum absolute atomic E-state index is 13.1. The largest absolute Gasteiger partial charge is 0.508 e. The Hall–Kier alpha value is -7.14. The summed E-state index contributed by atoms with van der Waals surface area (Å²) in [5.74, 6) is -1.84. The number of sulfonamides is 1. The third kappa shape index (κ3) is 11.9. The molecule has 0 spiro atoms. The first-order valence-electron chi connectivity index (χ1n) is 17.5. The zero-order valence-corrected chi connectivity index (χ0v) is 38.4. The van der Waals surface area contributed by atoms with E-state index < -0.39 is 125 Å². The Morgan fingerprint density at radius 2 is 1.19 bits per heavy atom. The second-order valence-electron chi connectivity index (χ2n) is 13.2. The summed E-state index contributed by atoms with van der Waals surface area (Å²) in [7, 11) is -28.6. The van der Waals surface area contributed by atoms with Crippen LogP contribution in [0.15, 0.2) is 175 Å². The number of fused-ring (bicyclic) bond motifs is 1. The quantitative estimate of drug-likeness (QED) is 0.0215. The van der Waals surface area contributed by atoms with E-state index in [0.717, 1.165) is 30.3 Å². The van der Waals surface area contributed by atoms with E-state index in [0.29, 0.717) is 23.6 Å². The lowest BCUT2D eigenvalue weighted by molar-refractivity contribution is 0.451. The van der Waals surface area contributed by atoms with Crippen molar-refractivity contribution in [1.29, 1.82) is 0 Å². The van der Waals surface area contributed by atoms with Gasteiger partial charge in [-0.3, -0.25) is 22.9 Å². The van der Waals surface area contributed by atoms with Crippen molar-refractivity contribution in [2.24, 2.45) is 30.7 Å². The second-order valence-corrected chi connectivity index (χ2v) is 21.8. The highest BCUT2D eigenvalue weighted by Gasteiger charge is 2.30. The molecule has 10 N–H and O–H groups in total. The van der Waals surface area contributed by atoms with Gasteiger partial charge in [0.05, 0.1) is 43.0 Å². The minimum atomic E-state index is -5.50. The molecule has 0 radical (unpaired) electrons. The molecule has 32 heteroatoms. The number of hydrogen-bond acceptors (Lipinski definition) is 21. The summed E-state index contributed by atoms with van der Waals surface area (Å²) in [6.45, 7) is 10.4. The average molecular weight is 1060 g/mol. The van der Waals surface area contributed by atoms with Crippen LogP contribution in [-0.4, -0.2) is 79.8 Å². The minimum Gasteiger partial charge on any atom is -0.508 e. The van der Waals surface area contributed by atoms with Gasteiger partial charge < -0.3 is 21.1 Å². The fourth-order valence-electron chi connectivity index (χ4n) is 5.48. The highest BCUT2D eigenvalue weighted by molar-refractivity contribution is 7.90. The number of phenols is 3. The number of nitrogen functional groups attached to an aromatic ring is 1. The number of aromatic hydroxyl groups is 3. The van der Waals surface area contributed by atoms with Gasteiger partial charge in [-0.1, -0.05) is 19.7 Å². The van der Waals surface area contributed by atoms with Crippen LogP contribution in [-0.2, 0) is 61.3 Å². The predicted octanol–water partition coefficient (Wildman–Crippen LogP) is 6.25. The summed E-state index contributed by atoms with van der Waals surface area (Å²) in [5, 5.41) is 51.9. The maximum Gasteiger partial charge on any atom is 0.296 e. The number of benzene rings is 5. The van der Waals surface area contributed by atoms with Gasteiger partial charge in [0, 0.05) is 17.2 Å². The highest BCUT2D eigenvalue weighted by atomic mass is 32.2. The van der Waals surface area contributed by atoms with Crippen LogP contribution in [0.25, 0.3) is 10.8 Å². The number of nitrogens with two attached hydrogens (primary N) is 1. The smallest absolute Gasteiger partial charge is 0.296 e. The van der Waals surface area contributed by atoms with Crippen LogP contribution >= 0.6 is 0 Å². The molecule has 0 bridgehead atoms. The lowest BCUT2D eigenvalue weighted by atomic mass is 10.1. The molecule has 68 heavy (non-hydrogen) atoms. The minimum absolute atomic E-state index is 0.000995. The van der Waals surface area contributed by atoms with E-state index >= 15 is 0 Å². The molecule has 0 heterocycles. The third-order valence-electron chi connectivity index (χ3n) is 8.48. The van der Waals surface area contributed by atoms with Crippen molar-refractivity contribution in [3.63, 3.8) is 0 Å². The number of anilines is 1. The Kier molecular flexibility index (Phi) is 14.7.